The summed E-state index contributed by atoms with van der Waals surface area (Å²) in [6.45, 7) is 0. The van der Waals surface area contributed by atoms with Crippen molar-refractivity contribution < 1.29 is 0 Å². The van der Waals surface area contributed by atoms with E-state index in [1.54, 1.807) is 0 Å². The van der Waals surface area contributed by atoms with Crippen LogP contribution in [0.5, 0.6) is 0 Å². The van der Waals surface area contributed by atoms with Crippen LogP contribution in [0.15, 0.2) is 6.07 Å². The molecule has 0 fully saturated rings. The van der Waals surface area contributed by atoms with E-state index in [0.29, 0.717) is 26.5 Å². The molecule has 0 aliphatic rings. The zero-order valence-corrected chi connectivity index (χ0v) is 11.9. The summed E-state index contributed by atoms with van der Waals surface area (Å²) >= 11 is 25.1. The van der Waals surface area contributed by atoms with Crippen molar-refractivity contribution in [2.45, 2.75) is 12.8 Å². The molecule has 1 aromatic carbocycles. The van der Waals surface area contributed by atoms with E-state index >= 15 is 0 Å². The van der Waals surface area contributed by atoms with E-state index in [2.05, 4.69) is 0 Å². The first kappa shape index (κ1) is 14.3. The Hall–Kier alpha value is 0.220. The van der Waals surface area contributed by atoms with E-state index in [1.807, 2.05) is 5.40 Å². The van der Waals surface area contributed by atoms with Crippen molar-refractivity contribution in [1.29, 1.82) is 5.26 Å². The highest BCUT2D eigenvalue weighted by Gasteiger charge is 2.13. The summed E-state index contributed by atoms with van der Waals surface area (Å²) in [6, 6.07) is 1.53. The number of nitrogens with zero attached hydrogens (tertiary/aromatic N) is 1. The lowest BCUT2D eigenvalue weighted by Gasteiger charge is -2.09. The normalized spacial score (nSPS) is 10.2. The first-order valence-electron chi connectivity index (χ1n) is 4.40. The van der Waals surface area contributed by atoms with Gasteiger partial charge in [-0.1, -0.05) is 46.4 Å². The molecule has 0 heterocycles. The lowest BCUT2D eigenvalue weighted by Crippen LogP contribution is -1.92. The van der Waals surface area contributed by atoms with Crippen LogP contribution in [0, 0.1) is 10.7 Å². The molecule has 0 unspecified atom stereocenters. The molecular weight excluding hydrogens is 308 g/mol. The van der Waals surface area contributed by atoms with E-state index in [9.17, 15) is 0 Å². The van der Waals surface area contributed by atoms with Gasteiger partial charge < -0.3 is 0 Å². The molecule has 0 spiro atoms. The first-order valence-corrected chi connectivity index (χ1v) is 6.90. The highest BCUT2D eigenvalue weighted by Crippen LogP contribution is 2.37. The van der Waals surface area contributed by atoms with Crippen LogP contribution in [0.4, 0.5) is 0 Å². The van der Waals surface area contributed by atoms with Crippen LogP contribution in [0.2, 0.25) is 20.1 Å². The second-order valence-corrected chi connectivity index (χ2v) is 5.44. The van der Waals surface area contributed by atoms with E-state index in [1.165, 1.54) is 17.8 Å². The lowest BCUT2D eigenvalue weighted by atomic mass is 10.1. The van der Waals surface area contributed by atoms with Crippen molar-refractivity contribution in [1.82, 2.24) is 0 Å². The SMILES string of the molecule is N#CSCCCc1c(Cl)c(Cl)cc(Cl)c1Cl. The summed E-state index contributed by atoms with van der Waals surface area (Å²) in [6.07, 6.45) is 1.46. The minimum absolute atomic E-state index is 0.402. The predicted molar refractivity (Wildman–Crippen MR) is 72.9 cm³/mol. The van der Waals surface area contributed by atoms with Gasteiger partial charge in [-0.2, -0.15) is 5.26 Å². The Bertz CT molecular complexity index is 402. The Morgan fingerprint density at radius 2 is 1.69 bits per heavy atom. The third-order valence-corrected chi connectivity index (χ3v) is 4.22. The highest BCUT2D eigenvalue weighted by atomic mass is 35.5. The monoisotopic (exact) mass is 313 g/mol. The molecule has 0 aliphatic heterocycles. The standard InChI is InChI=1S/C10H7Cl4NS/c11-7-4-8(12)10(14)6(9(7)13)2-1-3-16-5-15/h4H,1-3H2. The van der Waals surface area contributed by atoms with E-state index in [0.717, 1.165) is 17.7 Å². The van der Waals surface area contributed by atoms with Crippen LogP contribution < -0.4 is 0 Å². The van der Waals surface area contributed by atoms with Crippen molar-refractivity contribution in [2.24, 2.45) is 0 Å². The summed E-state index contributed by atoms with van der Waals surface area (Å²) in [7, 11) is 0. The molecule has 16 heavy (non-hydrogen) atoms. The van der Waals surface area contributed by atoms with Crippen LogP contribution in [-0.2, 0) is 6.42 Å². The molecule has 1 nitrogen and oxygen atoms in total. The van der Waals surface area contributed by atoms with Gasteiger partial charge in [0.25, 0.3) is 0 Å². The Balaban J connectivity index is 2.83. The summed E-state index contributed by atoms with van der Waals surface area (Å²) in [5.74, 6) is 0.729. The molecular formula is C10H7Cl4NS. The number of thioether (sulfide) groups is 1. The van der Waals surface area contributed by atoms with E-state index in [4.69, 9.17) is 51.7 Å². The van der Waals surface area contributed by atoms with Gasteiger partial charge in [0.2, 0.25) is 0 Å². The molecule has 86 valence electrons. The van der Waals surface area contributed by atoms with Crippen LogP contribution >= 0.6 is 58.2 Å². The molecule has 6 heteroatoms. The fourth-order valence-electron chi connectivity index (χ4n) is 1.21. The van der Waals surface area contributed by atoms with Crippen molar-refractivity contribution in [3.8, 4) is 5.40 Å². The largest absolute Gasteiger partial charge is 0.185 e. The second kappa shape index (κ2) is 6.83. The third kappa shape index (κ3) is 3.61. The van der Waals surface area contributed by atoms with Gasteiger partial charge in [0, 0.05) is 5.75 Å². The van der Waals surface area contributed by atoms with E-state index in [-0.39, 0.29) is 0 Å². The molecule has 0 N–H and O–H groups in total. The fraction of sp³-hybridized carbons (Fsp3) is 0.300. The summed E-state index contributed by atoms with van der Waals surface area (Å²) < 4.78 is 0. The zero-order chi connectivity index (χ0) is 12.1. The fourth-order valence-corrected chi connectivity index (χ4v) is 2.63. The topological polar surface area (TPSA) is 23.8 Å². The molecule has 0 radical (unpaired) electrons. The molecule has 0 bridgehead atoms. The second-order valence-electron chi connectivity index (χ2n) is 2.99. The van der Waals surface area contributed by atoms with Crippen LogP contribution in [0.1, 0.15) is 12.0 Å². The molecule has 0 aliphatic carbocycles. The molecule has 0 saturated heterocycles. The number of thiocyanates is 1. The average molecular weight is 315 g/mol. The maximum atomic E-state index is 8.38. The van der Waals surface area contributed by atoms with E-state index < -0.39 is 0 Å². The summed E-state index contributed by atoms with van der Waals surface area (Å²) in [5.41, 5.74) is 0.749. The minimum Gasteiger partial charge on any atom is -0.185 e. The molecule has 0 amide bonds. The summed E-state index contributed by atoms with van der Waals surface area (Å²) in [5, 5.41) is 12.1. The molecule has 0 saturated carbocycles. The maximum absolute atomic E-state index is 8.38. The van der Waals surface area contributed by atoms with Gasteiger partial charge in [0.15, 0.2) is 0 Å². The van der Waals surface area contributed by atoms with Crippen LogP contribution in [0.25, 0.3) is 0 Å². The Morgan fingerprint density at radius 1 is 1.12 bits per heavy atom. The van der Waals surface area contributed by atoms with Gasteiger partial charge in [-0.15, -0.1) is 0 Å². The Morgan fingerprint density at radius 3 is 2.19 bits per heavy atom. The zero-order valence-electron chi connectivity index (χ0n) is 8.07. The highest BCUT2D eigenvalue weighted by molar-refractivity contribution is 8.03. The van der Waals surface area contributed by atoms with Crippen molar-refractivity contribution >= 4 is 58.2 Å². The average Bonchev–Trinajstić information content (AvgIpc) is 2.25. The third-order valence-electron chi connectivity index (χ3n) is 1.94. The number of hydrogen-bond acceptors (Lipinski definition) is 2. The molecule has 0 atom stereocenters. The number of hydrogen-bond donors (Lipinski definition) is 0. The van der Waals surface area contributed by atoms with Gasteiger partial charge in [-0.3, -0.25) is 0 Å². The van der Waals surface area contributed by atoms with Crippen molar-refractivity contribution in [3.05, 3.63) is 31.7 Å². The van der Waals surface area contributed by atoms with Crippen molar-refractivity contribution in [3.63, 3.8) is 0 Å². The minimum atomic E-state index is 0.402. The van der Waals surface area contributed by atoms with Gasteiger partial charge in [0.05, 0.1) is 20.1 Å². The first-order chi connectivity index (χ1) is 7.57. The van der Waals surface area contributed by atoms with Gasteiger partial charge in [-0.05, 0) is 36.2 Å². The van der Waals surface area contributed by atoms with Gasteiger partial charge >= 0.3 is 0 Å². The van der Waals surface area contributed by atoms with Crippen LogP contribution in [0.3, 0.4) is 0 Å². The van der Waals surface area contributed by atoms with Crippen molar-refractivity contribution in [2.75, 3.05) is 5.75 Å². The smallest absolute Gasteiger partial charge is 0.133 e. The molecule has 1 aromatic rings. The lowest BCUT2D eigenvalue weighted by molar-refractivity contribution is 0.935. The summed E-state index contributed by atoms with van der Waals surface area (Å²) in [4.78, 5) is 0. The Labute approximate surface area is 119 Å². The quantitative estimate of drug-likeness (QED) is 0.419. The molecule has 1 rings (SSSR count). The van der Waals surface area contributed by atoms with Gasteiger partial charge in [-0.25, -0.2) is 0 Å². The number of halogens is 4. The maximum Gasteiger partial charge on any atom is 0.133 e. The van der Waals surface area contributed by atoms with Crippen LogP contribution in [-0.4, -0.2) is 5.75 Å². The Kier molecular flexibility index (Phi) is 6.10. The number of rotatable bonds is 4. The number of benzene rings is 1. The predicted octanol–water partition coefficient (Wildman–Crippen LogP) is 5.45. The number of nitriles is 1. The molecule has 0 aromatic heterocycles. The van der Waals surface area contributed by atoms with Gasteiger partial charge in [0.1, 0.15) is 5.40 Å².